The first-order valence-corrected chi connectivity index (χ1v) is 5.24. The molecule has 0 saturated carbocycles. The van der Waals surface area contributed by atoms with Crippen LogP contribution in [0.1, 0.15) is 26.7 Å². The summed E-state index contributed by atoms with van der Waals surface area (Å²) in [6, 6.07) is -0.439. The van der Waals surface area contributed by atoms with Gasteiger partial charge in [-0.25, -0.2) is 0 Å². The molecule has 0 bridgehead atoms. The quantitative estimate of drug-likeness (QED) is 0.671. The molecule has 4 heteroatoms. The van der Waals surface area contributed by atoms with Crippen LogP contribution in [0.25, 0.3) is 0 Å². The summed E-state index contributed by atoms with van der Waals surface area (Å²) in [5.41, 5.74) is 5.69. The summed E-state index contributed by atoms with van der Waals surface area (Å²) >= 11 is 0. The molecule has 0 spiro atoms. The summed E-state index contributed by atoms with van der Waals surface area (Å²) in [6.45, 7) is 4.77. The van der Waals surface area contributed by atoms with E-state index in [0.717, 1.165) is 19.4 Å². The van der Waals surface area contributed by atoms with E-state index in [1.165, 1.54) is 0 Å². The first-order valence-electron chi connectivity index (χ1n) is 5.24. The van der Waals surface area contributed by atoms with Crippen LogP contribution >= 0.6 is 0 Å². The molecule has 1 rings (SSSR count). The lowest BCUT2D eigenvalue weighted by Gasteiger charge is -2.38. The second-order valence-corrected chi connectivity index (χ2v) is 4.27. The minimum absolute atomic E-state index is 0.0102. The number of rotatable bonds is 3. The smallest absolute Gasteiger partial charge is 0.239 e. The van der Waals surface area contributed by atoms with Crippen LogP contribution in [0.15, 0.2) is 0 Å². The Labute approximate surface area is 85.1 Å². The molecule has 1 saturated heterocycles. The van der Waals surface area contributed by atoms with Gasteiger partial charge in [-0.05, 0) is 18.8 Å². The largest absolute Gasteiger partial charge is 0.394 e. The summed E-state index contributed by atoms with van der Waals surface area (Å²) < 4.78 is 0. The van der Waals surface area contributed by atoms with Gasteiger partial charge in [0.25, 0.3) is 0 Å². The molecular formula is C10H20N2O2. The number of hydrogen-bond donors (Lipinski definition) is 2. The van der Waals surface area contributed by atoms with E-state index in [-0.39, 0.29) is 30.5 Å². The van der Waals surface area contributed by atoms with Crippen molar-refractivity contribution in [3.63, 3.8) is 0 Å². The molecule has 1 amide bonds. The number of nitrogens with zero attached hydrogens (tertiary/aromatic N) is 1. The maximum Gasteiger partial charge on any atom is 0.239 e. The molecule has 82 valence electrons. The van der Waals surface area contributed by atoms with Crippen molar-refractivity contribution in [3.05, 3.63) is 0 Å². The molecule has 1 aliphatic heterocycles. The van der Waals surface area contributed by atoms with Crippen LogP contribution in [0.3, 0.4) is 0 Å². The number of nitrogens with two attached hydrogens (primary N) is 1. The van der Waals surface area contributed by atoms with Crippen LogP contribution in [-0.4, -0.2) is 41.1 Å². The molecule has 3 N–H and O–H groups in total. The third-order valence-corrected chi connectivity index (χ3v) is 2.87. The summed E-state index contributed by atoms with van der Waals surface area (Å²) in [5, 5.41) is 9.22. The van der Waals surface area contributed by atoms with Crippen LogP contribution in [0, 0.1) is 5.92 Å². The minimum atomic E-state index is -0.364. The highest BCUT2D eigenvalue weighted by Crippen LogP contribution is 2.17. The highest BCUT2D eigenvalue weighted by atomic mass is 16.3. The van der Waals surface area contributed by atoms with E-state index in [0.29, 0.717) is 0 Å². The molecular weight excluding hydrogens is 180 g/mol. The summed E-state index contributed by atoms with van der Waals surface area (Å²) in [6.07, 6.45) is 1.71. The molecule has 0 aliphatic carbocycles. The Bertz CT molecular complexity index is 206. The monoisotopic (exact) mass is 200 g/mol. The van der Waals surface area contributed by atoms with Gasteiger partial charge in [0.15, 0.2) is 0 Å². The average Bonchev–Trinajstić information content (AvgIpc) is 2.13. The van der Waals surface area contributed by atoms with Gasteiger partial charge in [-0.1, -0.05) is 13.8 Å². The van der Waals surface area contributed by atoms with Crippen LogP contribution in [0.2, 0.25) is 0 Å². The normalized spacial score (nSPS) is 25.6. The fourth-order valence-corrected chi connectivity index (χ4v) is 1.93. The predicted octanol–water partition coefficient (Wildman–Crippen LogP) is -0.0470. The molecule has 1 unspecified atom stereocenters. The van der Waals surface area contributed by atoms with E-state index in [1.807, 2.05) is 13.8 Å². The lowest BCUT2D eigenvalue weighted by Crippen LogP contribution is -2.55. The average molecular weight is 200 g/mol. The molecule has 4 nitrogen and oxygen atoms in total. The highest BCUT2D eigenvalue weighted by molar-refractivity contribution is 5.82. The first-order chi connectivity index (χ1) is 6.57. The fraction of sp³-hybridized carbons (Fsp3) is 0.900. The van der Waals surface area contributed by atoms with E-state index < -0.39 is 0 Å². The van der Waals surface area contributed by atoms with Gasteiger partial charge in [0, 0.05) is 6.54 Å². The molecule has 0 aromatic rings. The van der Waals surface area contributed by atoms with Crippen molar-refractivity contribution in [2.24, 2.45) is 11.7 Å². The van der Waals surface area contributed by atoms with Gasteiger partial charge in [0.2, 0.25) is 5.91 Å². The molecule has 0 aromatic heterocycles. The lowest BCUT2D eigenvalue weighted by molar-refractivity contribution is -0.139. The number of aliphatic hydroxyl groups excluding tert-OH is 1. The Morgan fingerprint density at radius 1 is 1.64 bits per heavy atom. The summed E-state index contributed by atoms with van der Waals surface area (Å²) in [5.74, 6) is 0.262. The Morgan fingerprint density at radius 2 is 2.29 bits per heavy atom. The zero-order valence-electron chi connectivity index (χ0n) is 8.94. The Kier molecular flexibility index (Phi) is 3.89. The molecule has 2 atom stereocenters. The number of aliphatic hydroxyl groups is 1. The number of piperidine rings is 1. The molecule has 1 heterocycles. The number of amides is 1. The zero-order chi connectivity index (χ0) is 10.7. The van der Waals surface area contributed by atoms with Crippen LogP contribution in [-0.2, 0) is 4.79 Å². The maximum absolute atomic E-state index is 11.7. The molecule has 1 aliphatic rings. The predicted molar refractivity (Wildman–Crippen MR) is 54.6 cm³/mol. The van der Waals surface area contributed by atoms with Gasteiger partial charge in [-0.3, -0.25) is 4.79 Å². The number of carbonyl (C=O) groups excluding carboxylic acids is 1. The van der Waals surface area contributed by atoms with Gasteiger partial charge in [-0.2, -0.15) is 0 Å². The highest BCUT2D eigenvalue weighted by Gasteiger charge is 2.31. The second-order valence-electron chi connectivity index (χ2n) is 4.27. The second kappa shape index (κ2) is 4.75. The Hall–Kier alpha value is -0.610. The summed E-state index contributed by atoms with van der Waals surface area (Å²) in [4.78, 5) is 13.5. The van der Waals surface area contributed by atoms with Gasteiger partial charge in [0.1, 0.15) is 0 Å². The van der Waals surface area contributed by atoms with Gasteiger partial charge in [-0.15, -0.1) is 0 Å². The van der Waals surface area contributed by atoms with E-state index in [2.05, 4.69) is 0 Å². The third kappa shape index (κ3) is 2.25. The van der Waals surface area contributed by atoms with E-state index in [4.69, 9.17) is 5.73 Å². The van der Waals surface area contributed by atoms with E-state index >= 15 is 0 Å². The maximum atomic E-state index is 11.7. The number of hydrogen-bond acceptors (Lipinski definition) is 3. The topological polar surface area (TPSA) is 66.6 Å². The Balaban J connectivity index is 2.69. The van der Waals surface area contributed by atoms with E-state index in [9.17, 15) is 9.90 Å². The lowest BCUT2D eigenvalue weighted by atomic mass is 9.98. The summed E-state index contributed by atoms with van der Waals surface area (Å²) in [7, 11) is 0. The van der Waals surface area contributed by atoms with Crippen molar-refractivity contribution in [2.75, 3.05) is 13.2 Å². The van der Waals surface area contributed by atoms with Gasteiger partial charge >= 0.3 is 0 Å². The van der Waals surface area contributed by atoms with Crippen molar-refractivity contribution in [1.82, 2.24) is 4.90 Å². The van der Waals surface area contributed by atoms with Gasteiger partial charge in [0.05, 0.1) is 18.7 Å². The molecule has 1 fully saturated rings. The molecule has 0 aromatic carbocycles. The Morgan fingerprint density at radius 3 is 2.79 bits per heavy atom. The third-order valence-electron chi connectivity index (χ3n) is 2.87. The minimum Gasteiger partial charge on any atom is -0.394 e. The molecule has 0 radical (unpaired) electrons. The SMILES string of the molecule is CC(C)[C@H](CO)N1CCCC(N)C1=O. The number of likely N-dealkylation sites (tertiary alicyclic amines) is 1. The zero-order valence-corrected chi connectivity index (χ0v) is 8.94. The fourth-order valence-electron chi connectivity index (χ4n) is 1.93. The van der Waals surface area contributed by atoms with Crippen molar-refractivity contribution in [2.45, 2.75) is 38.8 Å². The first kappa shape index (κ1) is 11.5. The number of carbonyl (C=O) groups is 1. The molecule has 14 heavy (non-hydrogen) atoms. The van der Waals surface area contributed by atoms with Crippen LogP contribution in [0.4, 0.5) is 0 Å². The van der Waals surface area contributed by atoms with Crippen molar-refractivity contribution < 1.29 is 9.90 Å². The van der Waals surface area contributed by atoms with Crippen LogP contribution < -0.4 is 5.73 Å². The van der Waals surface area contributed by atoms with Crippen LogP contribution in [0.5, 0.6) is 0 Å². The van der Waals surface area contributed by atoms with Crippen molar-refractivity contribution >= 4 is 5.91 Å². The van der Waals surface area contributed by atoms with E-state index in [1.54, 1.807) is 4.90 Å². The van der Waals surface area contributed by atoms with Crippen molar-refractivity contribution in [3.8, 4) is 0 Å². The standard InChI is InChI=1S/C10H20N2O2/c1-7(2)9(6-13)12-5-3-4-8(11)10(12)14/h7-9,13H,3-6,11H2,1-2H3/t8?,9-/m0/s1. The van der Waals surface area contributed by atoms with Crippen molar-refractivity contribution in [1.29, 1.82) is 0 Å². The van der Waals surface area contributed by atoms with Gasteiger partial charge < -0.3 is 15.7 Å².